The fraction of sp³-hybridized carbons (Fsp3) is 0.273. The third kappa shape index (κ3) is 3.83. The van der Waals surface area contributed by atoms with Crippen LogP contribution in [0, 0.1) is 0 Å². The topological polar surface area (TPSA) is 72.9 Å². The molecule has 7 nitrogen and oxygen atoms in total. The lowest BCUT2D eigenvalue weighted by Crippen LogP contribution is -2.30. The van der Waals surface area contributed by atoms with Crippen molar-refractivity contribution in [2.45, 2.75) is 19.5 Å². The Bertz CT molecular complexity index is 1100. The second-order valence-corrected chi connectivity index (χ2v) is 8.12. The first-order valence-electron chi connectivity index (χ1n) is 9.71. The average Bonchev–Trinajstić information content (AvgIpc) is 3.42. The molecule has 0 spiro atoms. The van der Waals surface area contributed by atoms with Crippen LogP contribution in [0.25, 0.3) is 0 Å². The van der Waals surface area contributed by atoms with Gasteiger partial charge < -0.3 is 14.2 Å². The molecule has 0 aliphatic carbocycles. The Balaban J connectivity index is 1.21. The molecule has 1 aromatic heterocycles. The third-order valence-corrected chi connectivity index (χ3v) is 6.10. The molecule has 5 rings (SSSR count). The van der Waals surface area contributed by atoms with E-state index in [4.69, 9.17) is 14.2 Å². The summed E-state index contributed by atoms with van der Waals surface area (Å²) in [5.41, 5.74) is 4.14. The molecule has 0 unspecified atom stereocenters. The second kappa shape index (κ2) is 7.97. The van der Waals surface area contributed by atoms with Gasteiger partial charge >= 0.3 is 0 Å². The van der Waals surface area contributed by atoms with E-state index in [9.17, 15) is 4.79 Å². The highest BCUT2D eigenvalue weighted by Gasteiger charge is 2.19. The van der Waals surface area contributed by atoms with Crippen molar-refractivity contribution in [1.29, 1.82) is 0 Å². The highest BCUT2D eigenvalue weighted by atomic mass is 32.1. The van der Waals surface area contributed by atoms with Gasteiger partial charge in [-0.1, -0.05) is 6.07 Å². The Hall–Kier alpha value is -3.10. The first-order valence-corrected chi connectivity index (χ1v) is 10.6. The number of anilines is 1. The van der Waals surface area contributed by atoms with E-state index < -0.39 is 0 Å². The van der Waals surface area contributed by atoms with E-state index >= 15 is 0 Å². The summed E-state index contributed by atoms with van der Waals surface area (Å²) < 4.78 is 15.9. The molecule has 2 aliphatic rings. The number of nitrogens with zero attached hydrogens (tertiary/aromatic N) is 2. The molecule has 1 N–H and O–H groups in total. The lowest BCUT2D eigenvalue weighted by Gasteiger charge is -2.28. The Labute approximate surface area is 178 Å². The lowest BCUT2D eigenvalue weighted by molar-refractivity contribution is 0.102. The molecule has 2 aliphatic heterocycles. The highest BCUT2D eigenvalue weighted by molar-refractivity contribution is 7.14. The molecule has 8 heteroatoms. The maximum atomic E-state index is 12.5. The van der Waals surface area contributed by atoms with Crippen molar-refractivity contribution in [2.24, 2.45) is 0 Å². The molecule has 0 fully saturated rings. The molecule has 0 saturated heterocycles. The number of aromatic nitrogens is 1. The van der Waals surface area contributed by atoms with Crippen molar-refractivity contribution in [3.05, 3.63) is 64.2 Å². The van der Waals surface area contributed by atoms with Gasteiger partial charge in [0.25, 0.3) is 5.91 Å². The Morgan fingerprint density at radius 1 is 1.20 bits per heavy atom. The van der Waals surface area contributed by atoms with Crippen molar-refractivity contribution in [3.63, 3.8) is 0 Å². The largest absolute Gasteiger partial charge is 0.497 e. The summed E-state index contributed by atoms with van der Waals surface area (Å²) in [6.45, 7) is 2.79. The van der Waals surface area contributed by atoms with Crippen molar-refractivity contribution in [1.82, 2.24) is 9.88 Å². The average molecular weight is 423 g/mol. The van der Waals surface area contributed by atoms with Crippen LogP contribution in [0.5, 0.6) is 17.2 Å². The van der Waals surface area contributed by atoms with E-state index in [1.165, 1.54) is 22.5 Å². The number of thiazole rings is 1. The number of hydrogen-bond acceptors (Lipinski definition) is 7. The van der Waals surface area contributed by atoms with Gasteiger partial charge in [0.05, 0.1) is 12.8 Å². The van der Waals surface area contributed by atoms with Crippen LogP contribution in [0.4, 0.5) is 5.13 Å². The number of methoxy groups -OCH3 is 1. The number of benzene rings is 2. The minimum Gasteiger partial charge on any atom is -0.497 e. The van der Waals surface area contributed by atoms with E-state index in [0.717, 1.165) is 37.5 Å². The molecule has 30 heavy (non-hydrogen) atoms. The fourth-order valence-electron chi connectivity index (χ4n) is 3.72. The fourth-order valence-corrected chi connectivity index (χ4v) is 4.42. The van der Waals surface area contributed by atoms with Gasteiger partial charge in [-0.25, -0.2) is 4.98 Å². The Morgan fingerprint density at radius 3 is 3.00 bits per heavy atom. The summed E-state index contributed by atoms with van der Waals surface area (Å²) in [5.74, 6) is 1.94. The molecule has 154 valence electrons. The zero-order valence-electron chi connectivity index (χ0n) is 16.5. The van der Waals surface area contributed by atoms with Crippen molar-refractivity contribution in [2.75, 3.05) is 25.8 Å². The number of nitrogens with one attached hydrogen (secondary N) is 1. The number of rotatable bonds is 5. The number of ether oxygens (including phenoxy) is 3. The summed E-state index contributed by atoms with van der Waals surface area (Å²) in [7, 11) is 1.70. The smallest absolute Gasteiger partial charge is 0.257 e. The third-order valence-electron chi connectivity index (χ3n) is 5.30. The number of carbonyl (C=O) groups is 1. The monoisotopic (exact) mass is 423 g/mol. The van der Waals surface area contributed by atoms with Gasteiger partial charge in [0.15, 0.2) is 16.6 Å². The van der Waals surface area contributed by atoms with Crippen molar-refractivity contribution < 1.29 is 19.0 Å². The molecule has 0 atom stereocenters. The van der Waals surface area contributed by atoms with Gasteiger partial charge in [-0.15, -0.1) is 11.3 Å². The first kappa shape index (κ1) is 18.9. The predicted octanol–water partition coefficient (Wildman–Crippen LogP) is 3.69. The number of fused-ring (bicyclic) bond motifs is 2. The minimum atomic E-state index is -0.213. The van der Waals surface area contributed by atoms with Crippen molar-refractivity contribution >= 4 is 22.4 Å². The quantitative estimate of drug-likeness (QED) is 0.675. The minimum absolute atomic E-state index is 0.185. The van der Waals surface area contributed by atoms with Crippen LogP contribution in [-0.4, -0.2) is 36.2 Å². The number of amides is 1. The molecule has 3 aromatic rings. The van der Waals surface area contributed by atoms with E-state index in [0.29, 0.717) is 22.2 Å². The van der Waals surface area contributed by atoms with Gasteiger partial charge in [-0.2, -0.15) is 0 Å². The maximum Gasteiger partial charge on any atom is 0.257 e. The summed E-state index contributed by atoms with van der Waals surface area (Å²) in [4.78, 5) is 19.5. The van der Waals surface area contributed by atoms with Crippen LogP contribution in [0.2, 0.25) is 0 Å². The summed E-state index contributed by atoms with van der Waals surface area (Å²) in [6, 6.07) is 11.4. The van der Waals surface area contributed by atoms with Crippen LogP contribution >= 0.6 is 11.3 Å². The molecular weight excluding hydrogens is 402 g/mol. The van der Waals surface area contributed by atoms with Crippen molar-refractivity contribution in [3.8, 4) is 17.2 Å². The van der Waals surface area contributed by atoms with Crippen LogP contribution < -0.4 is 19.5 Å². The molecule has 0 bridgehead atoms. The zero-order chi connectivity index (χ0) is 20.5. The Morgan fingerprint density at radius 2 is 2.10 bits per heavy atom. The van der Waals surface area contributed by atoms with Gasteiger partial charge in [-0.05, 0) is 47.9 Å². The Kier molecular flexibility index (Phi) is 5.02. The summed E-state index contributed by atoms with van der Waals surface area (Å²) >= 11 is 1.43. The second-order valence-electron chi connectivity index (χ2n) is 7.26. The molecule has 1 amide bonds. The standard InChI is InChI=1S/C22H21N3O4S/c1-27-18-4-2-16-10-25(7-6-14(16)8-18)11-17-12-30-22(23-17)24-21(26)15-3-5-19-20(9-15)29-13-28-19/h2-5,8-9,12H,6-7,10-11,13H2,1H3,(H,23,24,26). The molecule has 3 heterocycles. The van der Waals surface area contributed by atoms with Gasteiger partial charge in [0.1, 0.15) is 5.75 Å². The summed E-state index contributed by atoms with van der Waals surface area (Å²) in [5, 5.41) is 5.47. The first-order chi connectivity index (χ1) is 14.7. The summed E-state index contributed by atoms with van der Waals surface area (Å²) in [6.07, 6.45) is 0.990. The lowest BCUT2D eigenvalue weighted by atomic mass is 9.99. The van der Waals surface area contributed by atoms with E-state index in [2.05, 4.69) is 27.3 Å². The number of carbonyl (C=O) groups excluding carboxylic acids is 1. The van der Waals surface area contributed by atoms with Gasteiger partial charge in [-0.3, -0.25) is 15.0 Å². The number of hydrogen-bond donors (Lipinski definition) is 1. The van der Waals surface area contributed by atoms with Crippen LogP contribution in [0.3, 0.4) is 0 Å². The van der Waals surface area contributed by atoms with Crippen LogP contribution in [0.15, 0.2) is 41.8 Å². The highest BCUT2D eigenvalue weighted by Crippen LogP contribution is 2.33. The molecule has 0 saturated carbocycles. The van der Waals surface area contributed by atoms with E-state index in [-0.39, 0.29) is 12.7 Å². The van der Waals surface area contributed by atoms with E-state index in [1.807, 2.05) is 11.4 Å². The predicted molar refractivity (Wildman–Crippen MR) is 113 cm³/mol. The van der Waals surface area contributed by atoms with Gasteiger partial charge in [0.2, 0.25) is 6.79 Å². The van der Waals surface area contributed by atoms with Crippen LogP contribution in [0.1, 0.15) is 27.2 Å². The molecular formula is C22H21N3O4S. The normalized spacial score (nSPS) is 15.0. The SMILES string of the molecule is COc1ccc2c(c1)CCN(Cc1csc(NC(=O)c3ccc4c(c3)OCO4)n1)C2. The molecule has 2 aromatic carbocycles. The zero-order valence-corrected chi connectivity index (χ0v) is 17.3. The maximum absolute atomic E-state index is 12.5. The van der Waals surface area contributed by atoms with E-state index in [1.54, 1.807) is 25.3 Å². The van der Waals surface area contributed by atoms with Crippen LogP contribution in [-0.2, 0) is 19.5 Å². The van der Waals surface area contributed by atoms with Gasteiger partial charge in [0, 0.05) is 30.6 Å². The molecule has 0 radical (unpaired) electrons.